The Labute approximate surface area is 216 Å². The van der Waals surface area contributed by atoms with Gasteiger partial charge in [0, 0.05) is 17.1 Å². The first-order chi connectivity index (χ1) is 17.5. The third kappa shape index (κ3) is 5.67. The fourth-order valence-electron chi connectivity index (χ4n) is 4.06. The second-order valence-electron chi connectivity index (χ2n) is 8.32. The number of thioether (sulfide) groups is 1. The molecule has 2 N–H and O–H groups in total. The highest BCUT2D eigenvalue weighted by Gasteiger charge is 2.35. The smallest absolute Gasteiger partial charge is 0.255 e. The summed E-state index contributed by atoms with van der Waals surface area (Å²) < 4.78 is 13.5. The second-order valence-corrected chi connectivity index (χ2v) is 9.39. The quantitative estimate of drug-likeness (QED) is 0.247. The van der Waals surface area contributed by atoms with Crippen molar-refractivity contribution >= 4 is 29.3 Å². The monoisotopic (exact) mass is 507 g/mol. The van der Waals surface area contributed by atoms with Crippen LogP contribution in [-0.2, 0) is 4.79 Å². The van der Waals surface area contributed by atoms with Gasteiger partial charge in [-0.3, -0.25) is 4.79 Å². The van der Waals surface area contributed by atoms with E-state index in [1.54, 1.807) is 16.4 Å². The lowest BCUT2D eigenvalue weighted by Gasteiger charge is -2.29. The Hall–Kier alpha value is -3.46. The van der Waals surface area contributed by atoms with Crippen molar-refractivity contribution in [3.8, 4) is 11.5 Å². The van der Waals surface area contributed by atoms with Gasteiger partial charge in [0.25, 0.3) is 5.91 Å². The zero-order valence-electron chi connectivity index (χ0n) is 21.2. The number of aromatic nitrogens is 3. The van der Waals surface area contributed by atoms with Gasteiger partial charge in [0.05, 0.1) is 18.8 Å². The predicted molar refractivity (Wildman–Crippen MR) is 144 cm³/mol. The van der Waals surface area contributed by atoms with E-state index in [9.17, 15) is 4.79 Å². The highest BCUT2D eigenvalue weighted by molar-refractivity contribution is 7.99. The topological polar surface area (TPSA) is 90.3 Å². The van der Waals surface area contributed by atoms with Gasteiger partial charge in [0.1, 0.15) is 6.04 Å². The van der Waals surface area contributed by atoms with Gasteiger partial charge in [-0.2, -0.15) is 4.98 Å². The molecule has 1 aliphatic rings. The molecular formula is C27H33N5O3S. The number of carbonyl (C=O) groups is 1. The molecule has 4 rings (SSSR count). The van der Waals surface area contributed by atoms with Crippen molar-refractivity contribution < 1.29 is 14.3 Å². The van der Waals surface area contributed by atoms with E-state index in [1.807, 2.05) is 69.3 Å². The predicted octanol–water partition coefficient (Wildman–Crippen LogP) is 5.90. The molecule has 1 amide bonds. The molecule has 2 aromatic carbocycles. The number of hydrogen-bond donors (Lipinski definition) is 2. The zero-order valence-corrected chi connectivity index (χ0v) is 22.0. The van der Waals surface area contributed by atoms with E-state index < -0.39 is 6.04 Å². The van der Waals surface area contributed by atoms with Gasteiger partial charge in [0.15, 0.2) is 11.5 Å². The van der Waals surface area contributed by atoms with Crippen LogP contribution in [0.4, 0.5) is 11.6 Å². The Morgan fingerprint density at radius 1 is 1.08 bits per heavy atom. The second kappa shape index (κ2) is 12.0. The number of anilines is 2. The van der Waals surface area contributed by atoms with Gasteiger partial charge >= 0.3 is 0 Å². The number of allylic oxidation sites excluding steroid dienone is 1. The van der Waals surface area contributed by atoms with Crippen LogP contribution in [0.3, 0.4) is 0 Å². The van der Waals surface area contributed by atoms with Crippen LogP contribution < -0.4 is 20.1 Å². The molecule has 0 radical (unpaired) electrons. The molecule has 8 nitrogen and oxygen atoms in total. The van der Waals surface area contributed by atoms with Crippen LogP contribution in [-0.4, -0.2) is 39.6 Å². The molecule has 1 atom stereocenters. The zero-order chi connectivity index (χ0) is 25.5. The van der Waals surface area contributed by atoms with Gasteiger partial charge < -0.3 is 20.1 Å². The molecule has 2 heterocycles. The molecule has 3 aromatic rings. The van der Waals surface area contributed by atoms with Gasteiger partial charge in [0.2, 0.25) is 11.1 Å². The number of ether oxygens (including phenoxy) is 2. The van der Waals surface area contributed by atoms with E-state index in [1.165, 1.54) is 0 Å². The van der Waals surface area contributed by atoms with Gasteiger partial charge in [-0.05, 0) is 57.0 Å². The third-order valence-electron chi connectivity index (χ3n) is 5.72. The van der Waals surface area contributed by atoms with Crippen LogP contribution in [0.2, 0.25) is 0 Å². The lowest BCUT2D eigenvalue weighted by molar-refractivity contribution is -0.113. The molecule has 0 saturated carbocycles. The summed E-state index contributed by atoms with van der Waals surface area (Å²) in [4.78, 5) is 18.4. The molecule has 0 spiro atoms. The molecule has 0 saturated heterocycles. The number of para-hydroxylation sites is 1. The van der Waals surface area contributed by atoms with Crippen molar-refractivity contribution in [3.63, 3.8) is 0 Å². The molecule has 1 aliphatic heterocycles. The maximum Gasteiger partial charge on any atom is 0.255 e. The van der Waals surface area contributed by atoms with Crippen molar-refractivity contribution in [2.75, 3.05) is 29.6 Å². The average Bonchev–Trinajstić information content (AvgIpc) is 3.27. The highest BCUT2D eigenvalue weighted by atomic mass is 32.2. The van der Waals surface area contributed by atoms with E-state index in [0.717, 1.165) is 35.5 Å². The number of amides is 1. The number of nitrogens with one attached hydrogen (secondary N) is 2. The normalized spacial score (nSPS) is 14.7. The Kier molecular flexibility index (Phi) is 8.53. The minimum atomic E-state index is -0.493. The minimum absolute atomic E-state index is 0.204. The molecular weight excluding hydrogens is 474 g/mol. The number of hydrogen-bond acceptors (Lipinski definition) is 7. The summed E-state index contributed by atoms with van der Waals surface area (Å²) in [7, 11) is 0. The first-order valence-electron chi connectivity index (χ1n) is 12.4. The highest BCUT2D eigenvalue weighted by Crippen LogP contribution is 2.40. The fourth-order valence-corrected chi connectivity index (χ4v) is 4.97. The van der Waals surface area contributed by atoms with Gasteiger partial charge in [-0.1, -0.05) is 49.4 Å². The van der Waals surface area contributed by atoms with Gasteiger partial charge in [-0.25, -0.2) is 4.68 Å². The maximum atomic E-state index is 13.6. The van der Waals surface area contributed by atoms with Crippen LogP contribution in [0.15, 0.2) is 65.0 Å². The first-order valence-corrected chi connectivity index (χ1v) is 13.4. The van der Waals surface area contributed by atoms with E-state index in [-0.39, 0.29) is 5.91 Å². The largest absolute Gasteiger partial charge is 0.490 e. The molecule has 0 fully saturated rings. The average molecular weight is 508 g/mol. The number of carbonyl (C=O) groups excluding carboxylic acids is 1. The Balaban J connectivity index is 1.77. The number of unbranched alkanes of at least 4 members (excludes halogenated alkanes) is 1. The van der Waals surface area contributed by atoms with Crippen molar-refractivity contribution in [3.05, 3.63) is 65.4 Å². The molecule has 0 bridgehead atoms. The van der Waals surface area contributed by atoms with Crippen LogP contribution in [0.1, 0.15) is 52.1 Å². The van der Waals surface area contributed by atoms with E-state index >= 15 is 0 Å². The lowest BCUT2D eigenvalue weighted by Crippen LogP contribution is -2.31. The fraction of sp³-hybridized carbons (Fsp3) is 0.370. The van der Waals surface area contributed by atoms with Crippen LogP contribution in [0, 0.1) is 0 Å². The summed E-state index contributed by atoms with van der Waals surface area (Å²) in [5, 5.41) is 11.8. The molecule has 1 aromatic heterocycles. The molecule has 1 unspecified atom stereocenters. The standard InChI is InChI=1S/C27H33N5O3S/c1-5-8-16-36-27-30-26-28-18(4)23(25(33)29-20-12-10-9-11-13-20)24(32(26)31-27)19-14-15-21(34-6-2)22(17-19)35-7-3/h9-15,17,24H,5-8,16H2,1-4H3,(H,29,33)(H,28,30,31). The number of rotatable bonds is 11. The van der Waals surface area contributed by atoms with E-state index in [2.05, 4.69) is 17.6 Å². The summed E-state index contributed by atoms with van der Waals surface area (Å²) in [6, 6.07) is 14.7. The van der Waals surface area contributed by atoms with Crippen LogP contribution in [0.5, 0.6) is 11.5 Å². The first kappa shape index (κ1) is 25.6. The summed E-state index contributed by atoms with van der Waals surface area (Å²) in [5.41, 5.74) is 2.87. The summed E-state index contributed by atoms with van der Waals surface area (Å²) in [6.45, 7) is 8.96. The van der Waals surface area contributed by atoms with Crippen molar-refractivity contribution in [1.82, 2.24) is 14.8 Å². The number of benzene rings is 2. The molecule has 0 aliphatic carbocycles. The third-order valence-corrected chi connectivity index (χ3v) is 6.65. The van der Waals surface area contributed by atoms with E-state index in [0.29, 0.717) is 41.4 Å². The molecule has 190 valence electrons. The van der Waals surface area contributed by atoms with Crippen molar-refractivity contribution in [2.45, 2.75) is 51.7 Å². The lowest BCUT2D eigenvalue weighted by atomic mass is 9.94. The number of nitrogens with zero attached hydrogens (tertiary/aromatic N) is 3. The SMILES string of the molecule is CCCCSc1nc2n(n1)C(c1ccc(OCC)c(OCC)c1)C(C(=O)Nc1ccccc1)=C(C)N2. The molecule has 9 heteroatoms. The van der Waals surface area contributed by atoms with Crippen LogP contribution >= 0.6 is 11.8 Å². The molecule has 36 heavy (non-hydrogen) atoms. The summed E-state index contributed by atoms with van der Waals surface area (Å²) in [6.07, 6.45) is 2.20. The number of fused-ring (bicyclic) bond motifs is 1. The Morgan fingerprint density at radius 3 is 2.56 bits per heavy atom. The summed E-state index contributed by atoms with van der Waals surface area (Å²) >= 11 is 1.62. The van der Waals surface area contributed by atoms with Gasteiger partial charge in [-0.15, -0.1) is 5.10 Å². The van der Waals surface area contributed by atoms with Crippen LogP contribution in [0.25, 0.3) is 0 Å². The minimum Gasteiger partial charge on any atom is -0.490 e. The maximum absolute atomic E-state index is 13.6. The Bertz CT molecular complexity index is 1230. The van der Waals surface area contributed by atoms with Crippen molar-refractivity contribution in [2.24, 2.45) is 0 Å². The Morgan fingerprint density at radius 2 is 1.83 bits per heavy atom. The summed E-state index contributed by atoms with van der Waals surface area (Å²) in [5.74, 6) is 2.65. The van der Waals surface area contributed by atoms with E-state index in [4.69, 9.17) is 19.6 Å². The van der Waals surface area contributed by atoms with Crippen molar-refractivity contribution in [1.29, 1.82) is 0 Å².